The first-order chi connectivity index (χ1) is 8.76. The second-order valence-electron chi connectivity index (χ2n) is 4.34. The molecule has 0 saturated carbocycles. The molecule has 0 fully saturated rings. The van der Waals surface area contributed by atoms with Crippen LogP contribution in [0.3, 0.4) is 0 Å². The SMILES string of the molecule is COc1cccc(CNCC(O)CCCC[O])c1. The fraction of sp³-hybridized carbons (Fsp3) is 0.571. The second kappa shape index (κ2) is 8.91. The van der Waals surface area contributed by atoms with Gasteiger partial charge in [0.15, 0.2) is 0 Å². The average Bonchev–Trinajstić information content (AvgIpc) is 2.39. The largest absolute Gasteiger partial charge is 0.497 e. The molecule has 1 unspecified atom stereocenters. The Labute approximate surface area is 109 Å². The summed E-state index contributed by atoms with van der Waals surface area (Å²) in [6.07, 6.45) is 1.76. The molecule has 1 radical (unpaired) electrons. The molecule has 1 aromatic rings. The lowest BCUT2D eigenvalue weighted by Crippen LogP contribution is -2.26. The molecule has 0 spiro atoms. The van der Waals surface area contributed by atoms with E-state index in [0.717, 1.165) is 17.7 Å². The Balaban J connectivity index is 2.20. The van der Waals surface area contributed by atoms with Crippen LogP contribution in [0.2, 0.25) is 0 Å². The summed E-state index contributed by atoms with van der Waals surface area (Å²) in [5, 5.41) is 23.1. The number of nitrogens with one attached hydrogen (secondary N) is 1. The fourth-order valence-electron chi connectivity index (χ4n) is 1.75. The lowest BCUT2D eigenvalue weighted by Gasteiger charge is -2.11. The van der Waals surface area contributed by atoms with Gasteiger partial charge in [0, 0.05) is 13.1 Å². The maximum Gasteiger partial charge on any atom is 0.119 e. The summed E-state index contributed by atoms with van der Waals surface area (Å²) >= 11 is 0. The van der Waals surface area contributed by atoms with E-state index in [2.05, 4.69) is 5.32 Å². The predicted octanol–water partition coefficient (Wildman–Crippen LogP) is 1.75. The number of hydrogen-bond acceptors (Lipinski definition) is 3. The molecule has 0 aliphatic heterocycles. The molecule has 0 bridgehead atoms. The van der Waals surface area contributed by atoms with Gasteiger partial charge >= 0.3 is 0 Å². The van der Waals surface area contributed by atoms with Crippen LogP contribution in [0.4, 0.5) is 0 Å². The first kappa shape index (κ1) is 15.0. The van der Waals surface area contributed by atoms with Gasteiger partial charge in [0.1, 0.15) is 5.75 Å². The molecule has 18 heavy (non-hydrogen) atoms. The van der Waals surface area contributed by atoms with E-state index in [4.69, 9.17) is 4.74 Å². The second-order valence-corrected chi connectivity index (χ2v) is 4.34. The van der Waals surface area contributed by atoms with Crippen LogP contribution in [-0.2, 0) is 11.7 Å². The third-order valence-corrected chi connectivity index (χ3v) is 2.77. The summed E-state index contributed by atoms with van der Waals surface area (Å²) in [6, 6.07) is 7.83. The third-order valence-electron chi connectivity index (χ3n) is 2.77. The Bertz CT molecular complexity index is 331. The molecule has 4 nitrogen and oxygen atoms in total. The number of aliphatic hydroxyl groups excluding tert-OH is 1. The van der Waals surface area contributed by atoms with Crippen molar-refractivity contribution in [1.29, 1.82) is 0 Å². The molecule has 0 aliphatic rings. The van der Waals surface area contributed by atoms with Crippen molar-refractivity contribution in [2.24, 2.45) is 0 Å². The van der Waals surface area contributed by atoms with Crippen LogP contribution in [0.25, 0.3) is 0 Å². The smallest absolute Gasteiger partial charge is 0.119 e. The Kier molecular flexibility index (Phi) is 7.41. The zero-order chi connectivity index (χ0) is 13.2. The van der Waals surface area contributed by atoms with E-state index in [9.17, 15) is 10.2 Å². The van der Waals surface area contributed by atoms with Crippen LogP contribution in [0, 0.1) is 0 Å². The van der Waals surface area contributed by atoms with E-state index in [0.29, 0.717) is 25.9 Å². The first-order valence-corrected chi connectivity index (χ1v) is 6.36. The molecular formula is C14H22NO3. The van der Waals surface area contributed by atoms with Gasteiger partial charge in [-0.15, -0.1) is 0 Å². The van der Waals surface area contributed by atoms with Gasteiger partial charge in [-0.2, -0.15) is 0 Å². The highest BCUT2D eigenvalue weighted by atomic mass is 16.5. The number of benzene rings is 1. The molecule has 1 atom stereocenters. The minimum atomic E-state index is -0.373. The number of hydrogen-bond donors (Lipinski definition) is 2. The van der Waals surface area contributed by atoms with Crippen molar-refractivity contribution in [1.82, 2.24) is 5.32 Å². The van der Waals surface area contributed by atoms with Gasteiger partial charge in [0.2, 0.25) is 0 Å². The minimum absolute atomic E-state index is 0.0516. The average molecular weight is 252 g/mol. The van der Waals surface area contributed by atoms with Gasteiger partial charge in [-0.3, -0.25) is 0 Å². The molecule has 1 aromatic carbocycles. The summed E-state index contributed by atoms with van der Waals surface area (Å²) in [7, 11) is 1.65. The minimum Gasteiger partial charge on any atom is -0.497 e. The van der Waals surface area contributed by atoms with Gasteiger partial charge in [-0.25, -0.2) is 5.11 Å². The van der Waals surface area contributed by atoms with Crippen molar-refractivity contribution < 1.29 is 14.9 Å². The quantitative estimate of drug-likeness (QED) is 0.658. The molecule has 1 rings (SSSR count). The highest BCUT2D eigenvalue weighted by Crippen LogP contribution is 2.12. The van der Waals surface area contributed by atoms with Crippen LogP contribution in [0.15, 0.2) is 24.3 Å². The zero-order valence-electron chi connectivity index (χ0n) is 10.9. The summed E-state index contributed by atoms with van der Waals surface area (Å²) in [6.45, 7) is 1.20. The molecule has 0 aromatic heterocycles. The number of aliphatic hydroxyl groups is 1. The molecule has 0 amide bonds. The summed E-state index contributed by atoms with van der Waals surface area (Å²) < 4.78 is 5.14. The lowest BCUT2D eigenvalue weighted by molar-refractivity contribution is 0.145. The van der Waals surface area contributed by atoms with Crippen molar-refractivity contribution in [2.75, 3.05) is 20.3 Å². The number of rotatable bonds is 9. The van der Waals surface area contributed by atoms with Crippen LogP contribution >= 0.6 is 0 Å². The van der Waals surface area contributed by atoms with Crippen molar-refractivity contribution in [3.63, 3.8) is 0 Å². The standard InChI is InChI=1S/C14H22NO3/c1-18-14-7-4-5-12(9-14)10-15-11-13(17)6-2-3-8-16/h4-5,7,9,13,15,17H,2-3,6,8,10-11H2,1H3. The predicted molar refractivity (Wildman–Crippen MR) is 70.1 cm³/mol. The molecular weight excluding hydrogens is 230 g/mol. The Hall–Kier alpha value is -1.10. The van der Waals surface area contributed by atoms with Crippen molar-refractivity contribution in [2.45, 2.75) is 31.9 Å². The van der Waals surface area contributed by atoms with Gasteiger partial charge in [0.05, 0.1) is 19.8 Å². The molecule has 101 valence electrons. The van der Waals surface area contributed by atoms with Gasteiger partial charge < -0.3 is 15.2 Å². The molecule has 0 saturated heterocycles. The molecule has 0 heterocycles. The van der Waals surface area contributed by atoms with Gasteiger partial charge in [-0.1, -0.05) is 12.1 Å². The van der Waals surface area contributed by atoms with Crippen molar-refractivity contribution in [3.8, 4) is 5.75 Å². The normalized spacial score (nSPS) is 12.4. The van der Waals surface area contributed by atoms with Gasteiger partial charge in [0.25, 0.3) is 0 Å². The van der Waals surface area contributed by atoms with E-state index in [1.807, 2.05) is 24.3 Å². The van der Waals surface area contributed by atoms with Gasteiger partial charge in [-0.05, 0) is 37.0 Å². The van der Waals surface area contributed by atoms with Crippen LogP contribution < -0.4 is 10.1 Å². The number of methoxy groups -OCH3 is 1. The number of ether oxygens (including phenoxy) is 1. The summed E-state index contributed by atoms with van der Waals surface area (Å²) in [5.41, 5.74) is 1.13. The third kappa shape index (κ3) is 6.00. The maximum absolute atomic E-state index is 10.3. The molecule has 2 N–H and O–H groups in total. The Morgan fingerprint density at radius 3 is 2.94 bits per heavy atom. The van der Waals surface area contributed by atoms with E-state index >= 15 is 0 Å². The molecule has 0 aliphatic carbocycles. The van der Waals surface area contributed by atoms with E-state index in [-0.39, 0.29) is 12.7 Å². The van der Waals surface area contributed by atoms with Crippen molar-refractivity contribution in [3.05, 3.63) is 29.8 Å². The first-order valence-electron chi connectivity index (χ1n) is 6.36. The van der Waals surface area contributed by atoms with Crippen LogP contribution in [-0.4, -0.2) is 31.5 Å². The highest BCUT2D eigenvalue weighted by Gasteiger charge is 2.03. The van der Waals surface area contributed by atoms with Crippen molar-refractivity contribution >= 4 is 0 Å². The topological polar surface area (TPSA) is 61.4 Å². The monoisotopic (exact) mass is 252 g/mol. The molecule has 4 heteroatoms. The van der Waals surface area contributed by atoms with Crippen LogP contribution in [0.5, 0.6) is 5.75 Å². The lowest BCUT2D eigenvalue weighted by atomic mass is 10.1. The number of unbranched alkanes of at least 4 members (excludes halogenated alkanes) is 1. The van der Waals surface area contributed by atoms with E-state index < -0.39 is 0 Å². The maximum atomic E-state index is 10.3. The highest BCUT2D eigenvalue weighted by molar-refractivity contribution is 5.28. The van der Waals surface area contributed by atoms with E-state index in [1.165, 1.54) is 0 Å². The zero-order valence-corrected chi connectivity index (χ0v) is 10.9. The Morgan fingerprint density at radius 2 is 2.22 bits per heavy atom. The Morgan fingerprint density at radius 1 is 1.39 bits per heavy atom. The summed E-state index contributed by atoms with van der Waals surface area (Å²) in [5.74, 6) is 0.838. The van der Waals surface area contributed by atoms with E-state index in [1.54, 1.807) is 7.11 Å². The summed E-state index contributed by atoms with van der Waals surface area (Å²) in [4.78, 5) is 0. The fourth-order valence-corrected chi connectivity index (χ4v) is 1.75. The van der Waals surface area contributed by atoms with Crippen LogP contribution in [0.1, 0.15) is 24.8 Å².